The molecule has 5 amide bonds. The number of aliphatic hydroxyl groups excluding tert-OH is 1. The number of aryl methyl sites for hydroxylation is 1. The number of hydrogen-bond donors (Lipinski definition) is 5. The molecule has 14 heteroatoms. The van der Waals surface area contributed by atoms with Crippen molar-refractivity contribution in [2.24, 2.45) is 5.73 Å². The first-order valence-electron chi connectivity index (χ1n) is 16.9. The first-order chi connectivity index (χ1) is 24.8. The highest BCUT2D eigenvalue weighted by Crippen LogP contribution is 2.40. The van der Waals surface area contributed by atoms with Crippen LogP contribution in [0.4, 0.5) is 0 Å². The van der Waals surface area contributed by atoms with Crippen molar-refractivity contribution in [3.8, 4) is 0 Å². The number of fused-ring (bicyclic) bond motifs is 1. The molecule has 13 nitrogen and oxygen atoms in total. The number of hydrogen-bond acceptors (Lipinski definition) is 9. The monoisotopic (exact) mass is 729 g/mol. The molecule has 2 heterocycles. The van der Waals surface area contributed by atoms with Crippen molar-refractivity contribution in [1.29, 1.82) is 0 Å². The Labute approximate surface area is 306 Å². The van der Waals surface area contributed by atoms with E-state index in [0.717, 1.165) is 11.1 Å². The van der Waals surface area contributed by atoms with E-state index in [1.807, 2.05) is 45.0 Å². The number of aliphatic hydroxyl groups is 1. The van der Waals surface area contributed by atoms with Gasteiger partial charge in [-0.2, -0.15) is 0 Å². The molecule has 2 aliphatic heterocycles. The molecule has 0 aliphatic carbocycles. The van der Waals surface area contributed by atoms with Crippen molar-refractivity contribution < 1.29 is 38.6 Å². The average molecular weight is 730 g/mol. The Hall–Kier alpha value is -5.05. The molecule has 52 heavy (non-hydrogen) atoms. The number of ether oxygens (including phenoxy) is 1. The number of ketones is 1. The van der Waals surface area contributed by atoms with Crippen molar-refractivity contribution in [3.63, 3.8) is 0 Å². The van der Waals surface area contributed by atoms with E-state index in [-0.39, 0.29) is 37.1 Å². The Morgan fingerprint density at radius 2 is 1.63 bits per heavy atom. The van der Waals surface area contributed by atoms with Gasteiger partial charge < -0.3 is 36.4 Å². The number of amides is 5. The number of nitrogens with two attached hydrogens (primary N) is 1. The van der Waals surface area contributed by atoms with Crippen molar-refractivity contribution in [2.45, 2.75) is 75.2 Å². The SMILES string of the molecule is Cc1ccccc1CNC(=O)[C@H]1N(C(=O)[C@@H](O)[C@H](Cc2ccccc2)NC(=O)[C@H](CC(N)=O)NC(=O)C2OCC(=O)c3ccccc32)CSC1(C)C. The number of rotatable bonds is 13. The Morgan fingerprint density at radius 3 is 2.35 bits per heavy atom. The van der Waals surface area contributed by atoms with Gasteiger partial charge in [-0.1, -0.05) is 78.9 Å². The average Bonchev–Trinajstić information content (AvgIpc) is 3.44. The van der Waals surface area contributed by atoms with E-state index in [1.165, 1.54) is 16.7 Å². The van der Waals surface area contributed by atoms with E-state index in [9.17, 15) is 33.9 Å². The predicted molar refractivity (Wildman–Crippen MR) is 193 cm³/mol. The number of thioether (sulfide) groups is 1. The number of benzene rings is 3. The van der Waals surface area contributed by atoms with Crippen LogP contribution in [-0.4, -0.2) is 86.8 Å². The van der Waals surface area contributed by atoms with Gasteiger partial charge in [0.25, 0.3) is 11.8 Å². The summed E-state index contributed by atoms with van der Waals surface area (Å²) in [7, 11) is 0. The Morgan fingerprint density at radius 1 is 0.962 bits per heavy atom. The summed E-state index contributed by atoms with van der Waals surface area (Å²) in [6, 6.07) is 19.2. The second-order valence-electron chi connectivity index (χ2n) is 13.4. The molecule has 0 aromatic heterocycles. The summed E-state index contributed by atoms with van der Waals surface area (Å²) in [6.45, 7) is 5.53. The molecule has 1 fully saturated rings. The molecule has 2 aliphatic rings. The third-order valence-electron chi connectivity index (χ3n) is 9.25. The zero-order valence-electron chi connectivity index (χ0n) is 29.2. The molecule has 274 valence electrons. The highest BCUT2D eigenvalue weighted by molar-refractivity contribution is 8.00. The van der Waals surface area contributed by atoms with Crippen LogP contribution in [0.5, 0.6) is 0 Å². The van der Waals surface area contributed by atoms with Crippen molar-refractivity contribution >= 4 is 47.1 Å². The maximum absolute atomic E-state index is 14.1. The number of primary amides is 1. The fourth-order valence-corrected chi connectivity index (χ4v) is 7.56. The van der Waals surface area contributed by atoms with Crippen molar-refractivity contribution in [2.75, 3.05) is 12.5 Å². The zero-order chi connectivity index (χ0) is 37.6. The van der Waals surface area contributed by atoms with Gasteiger partial charge in [-0.3, -0.25) is 28.8 Å². The van der Waals surface area contributed by atoms with Crippen LogP contribution in [0.2, 0.25) is 0 Å². The first kappa shape index (κ1) is 38.2. The number of carbonyl (C=O) groups excluding carboxylic acids is 6. The van der Waals surface area contributed by atoms with E-state index in [0.29, 0.717) is 16.7 Å². The highest BCUT2D eigenvalue weighted by Gasteiger charge is 2.50. The first-order valence-corrected chi connectivity index (χ1v) is 17.9. The second-order valence-corrected chi connectivity index (χ2v) is 15.0. The van der Waals surface area contributed by atoms with Crippen LogP contribution < -0.4 is 21.7 Å². The summed E-state index contributed by atoms with van der Waals surface area (Å²) >= 11 is 1.39. The molecule has 5 rings (SSSR count). The number of nitrogens with one attached hydrogen (secondary N) is 3. The third-order valence-corrected chi connectivity index (χ3v) is 10.6. The summed E-state index contributed by atoms with van der Waals surface area (Å²) in [5, 5.41) is 19.8. The summed E-state index contributed by atoms with van der Waals surface area (Å²) in [6.07, 6.45) is -3.68. The van der Waals surface area contributed by atoms with Gasteiger partial charge in [0.05, 0.1) is 18.3 Å². The predicted octanol–water partition coefficient (Wildman–Crippen LogP) is 1.69. The van der Waals surface area contributed by atoms with Crippen molar-refractivity contribution in [3.05, 3.63) is 107 Å². The topological polar surface area (TPSA) is 197 Å². The molecule has 5 atom stereocenters. The summed E-state index contributed by atoms with van der Waals surface area (Å²) in [4.78, 5) is 80.8. The normalized spacial score (nSPS) is 19.5. The maximum Gasteiger partial charge on any atom is 0.254 e. The van der Waals surface area contributed by atoms with Gasteiger partial charge in [-0.05, 0) is 43.9 Å². The molecular formula is C38H43N5O8S. The van der Waals surface area contributed by atoms with Gasteiger partial charge in [0.15, 0.2) is 18.0 Å². The van der Waals surface area contributed by atoms with Crippen LogP contribution >= 0.6 is 11.8 Å². The lowest BCUT2D eigenvalue weighted by Gasteiger charge is -2.34. The molecule has 0 spiro atoms. The molecular weight excluding hydrogens is 687 g/mol. The van der Waals surface area contributed by atoms with Crippen LogP contribution in [0.15, 0.2) is 78.9 Å². The van der Waals surface area contributed by atoms with Gasteiger partial charge in [-0.25, -0.2) is 0 Å². The van der Waals surface area contributed by atoms with Gasteiger partial charge in [0, 0.05) is 22.4 Å². The minimum atomic E-state index is -1.82. The minimum absolute atomic E-state index is 0.00747. The quantitative estimate of drug-likeness (QED) is 0.174. The third kappa shape index (κ3) is 8.87. The largest absolute Gasteiger partial charge is 0.381 e. The number of carbonyl (C=O) groups is 6. The van der Waals surface area contributed by atoms with Gasteiger partial charge in [0.2, 0.25) is 17.7 Å². The molecule has 0 bridgehead atoms. The molecule has 1 saturated heterocycles. The minimum Gasteiger partial charge on any atom is -0.381 e. The smallest absolute Gasteiger partial charge is 0.254 e. The lowest BCUT2D eigenvalue weighted by molar-refractivity contribution is -0.148. The maximum atomic E-state index is 14.1. The Bertz CT molecular complexity index is 1840. The standard InChI is InChI=1S/C38H43N5O8S/c1-22-11-7-8-14-24(22)19-40-36(49)33-38(2,3)52-21-43(33)37(50)31(46)27(17-23-12-5-4-6-13-23)41-34(47)28(18-30(39)45)42-35(48)32-26-16-10-9-15-25(26)29(44)20-51-32/h4-16,27-28,31-33,46H,17-21H2,1-3H3,(H2,39,45)(H,40,49)(H,41,47)(H,42,48)/t27-,28-,31-,32?,33+/m0/s1. The lowest BCUT2D eigenvalue weighted by atomic mass is 9.95. The molecule has 0 saturated carbocycles. The van der Waals surface area contributed by atoms with Gasteiger partial charge in [-0.15, -0.1) is 11.8 Å². The van der Waals surface area contributed by atoms with E-state index in [4.69, 9.17) is 10.5 Å². The zero-order valence-corrected chi connectivity index (χ0v) is 30.0. The summed E-state index contributed by atoms with van der Waals surface area (Å²) in [5.41, 5.74) is 8.68. The Kier molecular flexibility index (Phi) is 12.1. The fraction of sp³-hybridized carbons (Fsp3) is 0.368. The van der Waals surface area contributed by atoms with E-state index >= 15 is 0 Å². The fourth-order valence-electron chi connectivity index (χ4n) is 6.42. The summed E-state index contributed by atoms with van der Waals surface area (Å²) < 4.78 is 4.81. The van der Waals surface area contributed by atoms with Crippen molar-refractivity contribution in [1.82, 2.24) is 20.9 Å². The Balaban J connectivity index is 1.35. The van der Waals surface area contributed by atoms with E-state index in [2.05, 4.69) is 16.0 Å². The molecule has 0 radical (unpaired) electrons. The molecule has 3 aromatic rings. The second kappa shape index (κ2) is 16.5. The highest BCUT2D eigenvalue weighted by atomic mass is 32.2. The van der Waals surface area contributed by atoms with E-state index in [1.54, 1.807) is 54.6 Å². The molecule has 1 unspecified atom stereocenters. The van der Waals surface area contributed by atoms with Crippen LogP contribution in [0.25, 0.3) is 0 Å². The van der Waals surface area contributed by atoms with E-state index < -0.39 is 65.1 Å². The molecule has 6 N–H and O–H groups in total. The molecule has 3 aromatic carbocycles. The van der Waals surface area contributed by atoms with Crippen LogP contribution in [0.3, 0.4) is 0 Å². The lowest BCUT2D eigenvalue weighted by Crippen LogP contribution is -2.60. The number of nitrogens with zero attached hydrogens (tertiary/aromatic N) is 1. The van der Waals surface area contributed by atoms with Gasteiger partial charge in [0.1, 0.15) is 18.7 Å². The van der Waals surface area contributed by atoms with Crippen LogP contribution in [-0.2, 0) is 41.7 Å². The number of Topliss-reactive ketones (excluding diaryl/α,β-unsaturated/α-hetero) is 1. The van der Waals surface area contributed by atoms with Crippen LogP contribution in [0, 0.1) is 6.92 Å². The van der Waals surface area contributed by atoms with Gasteiger partial charge >= 0.3 is 0 Å². The summed E-state index contributed by atoms with van der Waals surface area (Å²) in [5.74, 6) is -3.92. The van der Waals surface area contributed by atoms with Crippen LogP contribution in [0.1, 0.15) is 59.0 Å².